The number of carbonyl (C=O) groups excluding carboxylic acids is 2. The highest BCUT2D eigenvalue weighted by Crippen LogP contribution is 2.21. The molecule has 1 saturated heterocycles. The fourth-order valence-electron chi connectivity index (χ4n) is 3.30. The van der Waals surface area contributed by atoms with Gasteiger partial charge in [-0.15, -0.1) is 0 Å². The Labute approximate surface area is 166 Å². The van der Waals surface area contributed by atoms with Crippen LogP contribution >= 0.6 is 0 Å². The maximum atomic E-state index is 13.0. The summed E-state index contributed by atoms with van der Waals surface area (Å²) in [5.74, 6) is -0.355. The molecule has 0 atom stereocenters. The van der Waals surface area contributed by atoms with Gasteiger partial charge in [-0.05, 0) is 38.1 Å². The first kappa shape index (κ1) is 19.7. The SMILES string of the molecule is CCOC(=O)CNc1ccccc1C(=O)N1CCN(c2ccc(C)cc2)CC1. The number of para-hydroxylation sites is 1. The standard InChI is InChI=1S/C22H27N3O3/c1-3-28-21(26)16-23-20-7-5-4-6-19(20)22(27)25-14-12-24(13-15-25)18-10-8-17(2)9-11-18/h4-11,23H,3,12-16H2,1-2H3. The van der Waals surface area contributed by atoms with Gasteiger partial charge in [0.05, 0.1) is 12.2 Å². The summed E-state index contributed by atoms with van der Waals surface area (Å²) in [5.41, 5.74) is 3.66. The van der Waals surface area contributed by atoms with Gasteiger partial charge in [0.25, 0.3) is 5.91 Å². The van der Waals surface area contributed by atoms with E-state index in [1.54, 1.807) is 13.0 Å². The van der Waals surface area contributed by atoms with Gasteiger partial charge >= 0.3 is 5.97 Å². The van der Waals surface area contributed by atoms with Gasteiger partial charge in [0.2, 0.25) is 0 Å². The number of aryl methyl sites for hydroxylation is 1. The van der Waals surface area contributed by atoms with Gasteiger partial charge in [-0.3, -0.25) is 9.59 Å². The van der Waals surface area contributed by atoms with Crippen molar-refractivity contribution >= 4 is 23.3 Å². The second-order valence-electron chi connectivity index (χ2n) is 6.82. The quantitative estimate of drug-likeness (QED) is 0.780. The second kappa shape index (κ2) is 9.26. The van der Waals surface area contributed by atoms with E-state index < -0.39 is 0 Å². The predicted molar refractivity (Wildman–Crippen MR) is 111 cm³/mol. The molecule has 1 N–H and O–H groups in total. The molecule has 2 aromatic carbocycles. The third-order valence-electron chi connectivity index (χ3n) is 4.85. The normalized spacial score (nSPS) is 13.9. The van der Waals surface area contributed by atoms with E-state index in [1.165, 1.54) is 11.3 Å². The molecule has 0 radical (unpaired) electrons. The summed E-state index contributed by atoms with van der Waals surface area (Å²) in [4.78, 5) is 28.8. The van der Waals surface area contributed by atoms with Crippen LogP contribution in [0.5, 0.6) is 0 Å². The van der Waals surface area contributed by atoms with Crippen LogP contribution in [0.2, 0.25) is 0 Å². The highest BCUT2D eigenvalue weighted by molar-refractivity contribution is 6.00. The molecule has 0 aromatic heterocycles. The summed E-state index contributed by atoms with van der Waals surface area (Å²) in [6, 6.07) is 15.8. The van der Waals surface area contributed by atoms with E-state index in [-0.39, 0.29) is 18.4 Å². The number of piperazine rings is 1. The summed E-state index contributed by atoms with van der Waals surface area (Å²) < 4.78 is 4.94. The van der Waals surface area contributed by atoms with Crippen LogP contribution in [0.1, 0.15) is 22.8 Å². The van der Waals surface area contributed by atoms with Crippen LogP contribution in [0.15, 0.2) is 48.5 Å². The number of nitrogens with one attached hydrogen (secondary N) is 1. The maximum absolute atomic E-state index is 13.0. The first-order valence-corrected chi connectivity index (χ1v) is 9.68. The molecule has 1 amide bonds. The Hall–Kier alpha value is -3.02. The van der Waals surface area contributed by atoms with E-state index in [0.29, 0.717) is 30.9 Å². The van der Waals surface area contributed by atoms with E-state index in [9.17, 15) is 9.59 Å². The number of anilines is 2. The zero-order valence-electron chi connectivity index (χ0n) is 16.5. The molecular weight excluding hydrogens is 354 g/mol. The fourth-order valence-corrected chi connectivity index (χ4v) is 3.30. The number of esters is 1. The van der Waals surface area contributed by atoms with Crippen LogP contribution < -0.4 is 10.2 Å². The number of nitrogens with zero attached hydrogens (tertiary/aromatic N) is 2. The van der Waals surface area contributed by atoms with Crippen LogP contribution in [-0.2, 0) is 9.53 Å². The number of carbonyl (C=O) groups is 2. The van der Waals surface area contributed by atoms with Crippen LogP contribution in [0, 0.1) is 6.92 Å². The van der Waals surface area contributed by atoms with Crippen LogP contribution in [0.4, 0.5) is 11.4 Å². The molecule has 0 unspecified atom stereocenters. The number of benzene rings is 2. The van der Waals surface area contributed by atoms with Gasteiger partial charge in [-0.25, -0.2) is 0 Å². The Kier molecular flexibility index (Phi) is 6.53. The van der Waals surface area contributed by atoms with Gasteiger partial charge in [0.15, 0.2) is 0 Å². The van der Waals surface area contributed by atoms with E-state index in [4.69, 9.17) is 4.74 Å². The molecule has 1 aliphatic rings. The Balaban J connectivity index is 1.62. The van der Waals surface area contributed by atoms with Crippen LogP contribution in [-0.4, -0.2) is 56.1 Å². The Morgan fingerprint density at radius 3 is 2.36 bits per heavy atom. The third kappa shape index (κ3) is 4.82. The molecule has 0 saturated carbocycles. The van der Waals surface area contributed by atoms with Gasteiger partial charge in [-0.2, -0.15) is 0 Å². The summed E-state index contributed by atoms with van der Waals surface area (Å²) in [5, 5.41) is 3.03. The molecule has 148 valence electrons. The van der Waals surface area contributed by atoms with Crippen molar-refractivity contribution in [1.29, 1.82) is 0 Å². The highest BCUT2D eigenvalue weighted by Gasteiger charge is 2.24. The average molecular weight is 381 g/mol. The smallest absolute Gasteiger partial charge is 0.325 e. The Bertz CT molecular complexity index is 812. The molecule has 1 aliphatic heterocycles. The van der Waals surface area contributed by atoms with Crippen molar-refractivity contribution in [2.45, 2.75) is 13.8 Å². The molecule has 1 heterocycles. The zero-order valence-corrected chi connectivity index (χ0v) is 16.5. The number of amides is 1. The molecule has 0 bridgehead atoms. The average Bonchev–Trinajstić information content (AvgIpc) is 2.73. The monoisotopic (exact) mass is 381 g/mol. The van der Waals surface area contributed by atoms with Crippen molar-refractivity contribution in [2.75, 3.05) is 49.5 Å². The Morgan fingerprint density at radius 1 is 1.00 bits per heavy atom. The van der Waals surface area contributed by atoms with Crippen molar-refractivity contribution in [1.82, 2.24) is 4.90 Å². The molecule has 3 rings (SSSR count). The van der Waals surface area contributed by atoms with Crippen molar-refractivity contribution in [3.05, 3.63) is 59.7 Å². The van der Waals surface area contributed by atoms with E-state index in [2.05, 4.69) is 41.4 Å². The minimum atomic E-state index is -0.337. The van der Waals surface area contributed by atoms with Gasteiger partial charge in [0, 0.05) is 37.6 Å². The largest absolute Gasteiger partial charge is 0.465 e. The first-order chi connectivity index (χ1) is 13.6. The first-order valence-electron chi connectivity index (χ1n) is 9.68. The van der Waals surface area contributed by atoms with E-state index in [1.807, 2.05) is 23.1 Å². The number of hydrogen-bond acceptors (Lipinski definition) is 5. The van der Waals surface area contributed by atoms with Crippen molar-refractivity contribution in [3.63, 3.8) is 0 Å². The fraction of sp³-hybridized carbons (Fsp3) is 0.364. The highest BCUT2D eigenvalue weighted by atomic mass is 16.5. The predicted octanol–water partition coefficient (Wildman–Crippen LogP) is 2.93. The summed E-state index contributed by atoms with van der Waals surface area (Å²) in [7, 11) is 0. The molecule has 28 heavy (non-hydrogen) atoms. The molecule has 0 aliphatic carbocycles. The van der Waals surface area contributed by atoms with Gasteiger partial charge in [-0.1, -0.05) is 29.8 Å². The third-order valence-corrected chi connectivity index (χ3v) is 4.85. The minimum absolute atomic E-state index is 0.0180. The maximum Gasteiger partial charge on any atom is 0.325 e. The lowest BCUT2D eigenvalue weighted by molar-refractivity contribution is -0.140. The van der Waals surface area contributed by atoms with Crippen LogP contribution in [0.3, 0.4) is 0 Å². The molecule has 6 nitrogen and oxygen atoms in total. The van der Waals surface area contributed by atoms with Crippen molar-refractivity contribution in [2.24, 2.45) is 0 Å². The van der Waals surface area contributed by atoms with Gasteiger partial charge in [0.1, 0.15) is 6.54 Å². The molecule has 2 aromatic rings. The van der Waals surface area contributed by atoms with Gasteiger partial charge < -0.3 is 19.9 Å². The molecular formula is C22H27N3O3. The Morgan fingerprint density at radius 2 is 1.68 bits per heavy atom. The summed E-state index contributed by atoms with van der Waals surface area (Å²) in [6.45, 7) is 7.16. The molecule has 6 heteroatoms. The van der Waals surface area contributed by atoms with Crippen LogP contribution in [0.25, 0.3) is 0 Å². The second-order valence-corrected chi connectivity index (χ2v) is 6.82. The lowest BCUT2D eigenvalue weighted by Gasteiger charge is -2.36. The van der Waals surface area contributed by atoms with Crippen molar-refractivity contribution in [3.8, 4) is 0 Å². The number of ether oxygens (including phenoxy) is 1. The van der Waals surface area contributed by atoms with E-state index >= 15 is 0 Å². The molecule has 0 spiro atoms. The molecule has 1 fully saturated rings. The summed E-state index contributed by atoms with van der Waals surface area (Å²) in [6.07, 6.45) is 0. The van der Waals surface area contributed by atoms with E-state index in [0.717, 1.165) is 13.1 Å². The lowest BCUT2D eigenvalue weighted by atomic mass is 10.1. The summed E-state index contributed by atoms with van der Waals surface area (Å²) >= 11 is 0. The lowest BCUT2D eigenvalue weighted by Crippen LogP contribution is -2.48. The number of rotatable bonds is 6. The topological polar surface area (TPSA) is 61.9 Å². The number of hydrogen-bond donors (Lipinski definition) is 1. The zero-order chi connectivity index (χ0) is 19.9. The minimum Gasteiger partial charge on any atom is -0.465 e. The van der Waals surface area contributed by atoms with Crippen molar-refractivity contribution < 1.29 is 14.3 Å².